The Labute approximate surface area is 153 Å². The average molecular weight is 355 g/mol. The van der Waals surface area contributed by atoms with Gasteiger partial charge in [0.1, 0.15) is 0 Å². The number of carbonyl (C=O) groups is 2. The van der Waals surface area contributed by atoms with Crippen molar-refractivity contribution in [3.8, 4) is 5.69 Å². The number of aromatic nitrogens is 2. The Bertz CT molecular complexity index is 719. The molecule has 0 bridgehead atoms. The van der Waals surface area contributed by atoms with Crippen LogP contribution < -0.4 is 0 Å². The van der Waals surface area contributed by atoms with Gasteiger partial charge < -0.3 is 9.64 Å². The first-order chi connectivity index (χ1) is 12.7. The van der Waals surface area contributed by atoms with E-state index in [0.717, 1.165) is 31.4 Å². The molecule has 0 radical (unpaired) electrons. The van der Waals surface area contributed by atoms with Gasteiger partial charge >= 0.3 is 5.97 Å². The number of hydrogen-bond acceptors (Lipinski definition) is 4. The predicted molar refractivity (Wildman–Crippen MR) is 98.1 cm³/mol. The molecule has 138 valence electrons. The van der Waals surface area contributed by atoms with Crippen molar-refractivity contribution in [3.63, 3.8) is 0 Å². The molecule has 0 atom stereocenters. The zero-order chi connectivity index (χ0) is 18.4. The van der Waals surface area contributed by atoms with Gasteiger partial charge in [-0.25, -0.2) is 9.48 Å². The number of carbonyl (C=O) groups excluding carboxylic acids is 2. The fourth-order valence-corrected chi connectivity index (χ4v) is 3.50. The van der Waals surface area contributed by atoms with Crippen LogP contribution >= 0.6 is 0 Å². The van der Waals surface area contributed by atoms with E-state index in [0.29, 0.717) is 12.1 Å². The number of likely N-dealkylation sites (N-methyl/N-ethyl adjacent to an activating group) is 1. The minimum Gasteiger partial charge on any atom is -0.452 e. The molecule has 26 heavy (non-hydrogen) atoms. The topological polar surface area (TPSA) is 64.4 Å². The molecule has 1 aliphatic rings. The van der Waals surface area contributed by atoms with Crippen LogP contribution in [0.15, 0.2) is 42.7 Å². The quantitative estimate of drug-likeness (QED) is 0.747. The van der Waals surface area contributed by atoms with Gasteiger partial charge in [-0.3, -0.25) is 4.79 Å². The predicted octanol–water partition coefficient (Wildman–Crippen LogP) is 3.21. The summed E-state index contributed by atoms with van der Waals surface area (Å²) < 4.78 is 6.95. The van der Waals surface area contributed by atoms with Crippen molar-refractivity contribution >= 4 is 11.9 Å². The van der Waals surface area contributed by atoms with Gasteiger partial charge in [-0.1, -0.05) is 19.3 Å². The lowest BCUT2D eigenvalue weighted by Crippen LogP contribution is -2.43. The fraction of sp³-hybridized carbons (Fsp3) is 0.450. The van der Waals surface area contributed by atoms with E-state index in [1.165, 1.54) is 6.42 Å². The number of ether oxygens (including phenoxy) is 1. The molecule has 6 heteroatoms. The Morgan fingerprint density at radius 2 is 1.92 bits per heavy atom. The standard InChI is InChI=1S/C20H25N3O3/c1-2-22(17-7-4-3-5-8-17)19(24)15-26-20(25)16-9-11-18(12-10-16)23-14-6-13-21-23/h6,9-14,17H,2-5,7-8,15H2,1H3. The van der Waals surface area contributed by atoms with Gasteiger partial charge in [-0.05, 0) is 50.1 Å². The Balaban J connectivity index is 1.55. The van der Waals surface area contributed by atoms with Crippen molar-refractivity contribution in [2.24, 2.45) is 0 Å². The highest BCUT2D eigenvalue weighted by Gasteiger charge is 2.24. The van der Waals surface area contributed by atoms with Gasteiger partial charge in [0.25, 0.3) is 5.91 Å². The molecule has 0 saturated heterocycles. The van der Waals surface area contributed by atoms with Gasteiger partial charge in [0.05, 0.1) is 11.3 Å². The monoisotopic (exact) mass is 355 g/mol. The van der Waals surface area contributed by atoms with Crippen LogP contribution in [0.2, 0.25) is 0 Å². The minimum absolute atomic E-state index is 0.110. The van der Waals surface area contributed by atoms with Gasteiger partial charge in [-0.2, -0.15) is 5.10 Å². The summed E-state index contributed by atoms with van der Waals surface area (Å²) in [6, 6.07) is 9.08. The van der Waals surface area contributed by atoms with E-state index in [1.807, 2.05) is 24.1 Å². The third-order valence-corrected chi connectivity index (χ3v) is 4.88. The fourth-order valence-electron chi connectivity index (χ4n) is 3.50. The molecule has 1 fully saturated rings. The van der Waals surface area contributed by atoms with Crippen molar-refractivity contribution in [3.05, 3.63) is 48.3 Å². The minimum atomic E-state index is -0.481. The molecule has 0 N–H and O–H groups in total. The number of esters is 1. The molecule has 3 rings (SSSR count). The summed E-state index contributed by atoms with van der Waals surface area (Å²) in [4.78, 5) is 26.5. The number of benzene rings is 1. The second-order valence-corrected chi connectivity index (χ2v) is 6.55. The highest BCUT2D eigenvalue weighted by molar-refractivity contribution is 5.91. The first-order valence-corrected chi connectivity index (χ1v) is 9.25. The van der Waals surface area contributed by atoms with Crippen molar-refractivity contribution in [1.82, 2.24) is 14.7 Å². The summed E-state index contributed by atoms with van der Waals surface area (Å²) in [7, 11) is 0. The van der Waals surface area contributed by atoms with Crippen LogP contribution in [0.25, 0.3) is 5.69 Å². The average Bonchev–Trinajstić information content (AvgIpc) is 3.22. The highest BCUT2D eigenvalue weighted by atomic mass is 16.5. The molecule has 1 heterocycles. The van der Waals surface area contributed by atoms with Crippen molar-refractivity contribution in [2.45, 2.75) is 45.1 Å². The van der Waals surface area contributed by atoms with Crippen LogP contribution in [0.5, 0.6) is 0 Å². The van der Waals surface area contributed by atoms with E-state index in [9.17, 15) is 9.59 Å². The summed E-state index contributed by atoms with van der Waals surface area (Å²) in [6.07, 6.45) is 9.18. The van der Waals surface area contributed by atoms with Crippen LogP contribution in [0.3, 0.4) is 0 Å². The summed E-state index contributed by atoms with van der Waals surface area (Å²) in [5.41, 5.74) is 1.28. The van der Waals surface area contributed by atoms with E-state index in [4.69, 9.17) is 4.74 Å². The highest BCUT2D eigenvalue weighted by Crippen LogP contribution is 2.22. The maximum absolute atomic E-state index is 12.5. The number of hydrogen-bond donors (Lipinski definition) is 0. The number of rotatable bonds is 6. The molecule has 1 aromatic carbocycles. The Morgan fingerprint density at radius 3 is 2.54 bits per heavy atom. The molecule has 1 saturated carbocycles. The third kappa shape index (κ3) is 4.31. The summed E-state index contributed by atoms with van der Waals surface area (Å²) in [6.45, 7) is 2.42. The third-order valence-electron chi connectivity index (χ3n) is 4.88. The lowest BCUT2D eigenvalue weighted by Gasteiger charge is -2.33. The van der Waals surface area contributed by atoms with Crippen molar-refractivity contribution < 1.29 is 14.3 Å². The lowest BCUT2D eigenvalue weighted by molar-refractivity contribution is -0.137. The smallest absolute Gasteiger partial charge is 0.338 e. The molecule has 0 aliphatic heterocycles. The first kappa shape index (κ1) is 18.2. The Hall–Kier alpha value is -2.63. The summed E-state index contributed by atoms with van der Waals surface area (Å²) in [5.74, 6) is -0.592. The van der Waals surface area contributed by atoms with Gasteiger partial charge in [-0.15, -0.1) is 0 Å². The van der Waals surface area contributed by atoms with Gasteiger partial charge in [0.2, 0.25) is 0 Å². The lowest BCUT2D eigenvalue weighted by atomic mass is 9.94. The van der Waals surface area contributed by atoms with Crippen LogP contribution in [-0.4, -0.2) is 45.8 Å². The normalized spacial score (nSPS) is 14.8. The maximum atomic E-state index is 12.5. The molecule has 0 spiro atoms. The second-order valence-electron chi connectivity index (χ2n) is 6.55. The Kier molecular flexibility index (Phi) is 6.04. The van der Waals surface area contributed by atoms with Crippen LogP contribution in [0.1, 0.15) is 49.4 Å². The first-order valence-electron chi connectivity index (χ1n) is 9.25. The van der Waals surface area contributed by atoms with Crippen molar-refractivity contribution in [1.29, 1.82) is 0 Å². The second kappa shape index (κ2) is 8.65. The van der Waals surface area contributed by atoms with Crippen LogP contribution in [-0.2, 0) is 9.53 Å². The largest absolute Gasteiger partial charge is 0.452 e. The van der Waals surface area contributed by atoms with E-state index < -0.39 is 5.97 Å². The molecule has 1 amide bonds. The van der Waals surface area contributed by atoms with Gasteiger partial charge in [0, 0.05) is 25.0 Å². The van der Waals surface area contributed by atoms with E-state index in [2.05, 4.69) is 5.10 Å². The number of nitrogens with zero attached hydrogens (tertiary/aromatic N) is 3. The summed E-state index contributed by atoms with van der Waals surface area (Å²) >= 11 is 0. The molecule has 2 aromatic rings. The molecule has 0 unspecified atom stereocenters. The molecule has 6 nitrogen and oxygen atoms in total. The summed E-state index contributed by atoms with van der Waals surface area (Å²) in [5, 5.41) is 4.14. The van der Waals surface area contributed by atoms with Gasteiger partial charge in [0.15, 0.2) is 6.61 Å². The molecule has 1 aromatic heterocycles. The molecule has 1 aliphatic carbocycles. The van der Waals surface area contributed by atoms with Crippen LogP contribution in [0, 0.1) is 0 Å². The van der Waals surface area contributed by atoms with Crippen LogP contribution in [0.4, 0.5) is 0 Å². The maximum Gasteiger partial charge on any atom is 0.338 e. The number of amides is 1. The molecular weight excluding hydrogens is 330 g/mol. The van der Waals surface area contributed by atoms with E-state index in [1.54, 1.807) is 35.1 Å². The van der Waals surface area contributed by atoms with E-state index >= 15 is 0 Å². The van der Waals surface area contributed by atoms with Crippen molar-refractivity contribution in [2.75, 3.05) is 13.2 Å². The SMILES string of the molecule is CCN(C(=O)COC(=O)c1ccc(-n2cccn2)cc1)C1CCCCC1. The zero-order valence-corrected chi connectivity index (χ0v) is 15.1. The molecular formula is C20H25N3O3. The Morgan fingerprint density at radius 1 is 1.19 bits per heavy atom. The zero-order valence-electron chi connectivity index (χ0n) is 15.1. The van der Waals surface area contributed by atoms with E-state index in [-0.39, 0.29) is 18.6 Å².